The molecule has 7 heteroatoms. The van der Waals surface area contributed by atoms with Gasteiger partial charge >= 0.3 is 0 Å². The molecule has 23 heavy (non-hydrogen) atoms. The highest BCUT2D eigenvalue weighted by atomic mass is 32.2. The molecular weight excluding hydrogens is 316 g/mol. The molecule has 1 aliphatic heterocycles. The molecule has 128 valence electrons. The van der Waals surface area contributed by atoms with Gasteiger partial charge in [0.2, 0.25) is 15.9 Å². The Morgan fingerprint density at radius 1 is 1.43 bits per heavy atom. The Bertz CT molecular complexity index is 645. The van der Waals surface area contributed by atoms with Crippen molar-refractivity contribution in [3.8, 4) is 5.75 Å². The lowest BCUT2D eigenvalue weighted by atomic mass is 9.99. The minimum absolute atomic E-state index is 0.0971. The zero-order valence-electron chi connectivity index (χ0n) is 13.6. The van der Waals surface area contributed by atoms with Crippen LogP contribution in [0.15, 0.2) is 24.3 Å². The van der Waals surface area contributed by atoms with E-state index in [0.29, 0.717) is 26.1 Å². The molecule has 0 aliphatic carbocycles. The molecule has 0 aromatic heterocycles. The second-order valence-electron chi connectivity index (χ2n) is 5.76. The number of nitrogens with one attached hydrogen (secondary N) is 1. The van der Waals surface area contributed by atoms with E-state index in [1.165, 1.54) is 10.6 Å². The average Bonchev–Trinajstić information content (AvgIpc) is 2.53. The number of nitrogens with zero attached hydrogens (tertiary/aromatic N) is 1. The highest BCUT2D eigenvalue weighted by molar-refractivity contribution is 7.88. The van der Waals surface area contributed by atoms with Gasteiger partial charge in [-0.1, -0.05) is 12.1 Å². The number of ether oxygens (including phenoxy) is 1. The summed E-state index contributed by atoms with van der Waals surface area (Å²) in [5, 5.41) is 2.89. The zero-order chi connectivity index (χ0) is 16.9. The molecule has 0 spiro atoms. The monoisotopic (exact) mass is 340 g/mol. The third-order valence-electron chi connectivity index (χ3n) is 3.90. The maximum atomic E-state index is 12.3. The van der Waals surface area contributed by atoms with Crippen molar-refractivity contribution in [3.63, 3.8) is 0 Å². The molecular formula is C16H24N2O4S. The Hall–Kier alpha value is -1.60. The predicted molar refractivity (Wildman–Crippen MR) is 88.6 cm³/mol. The van der Waals surface area contributed by atoms with Gasteiger partial charge in [0, 0.05) is 19.6 Å². The first-order valence-electron chi connectivity index (χ1n) is 7.84. The van der Waals surface area contributed by atoms with E-state index in [0.717, 1.165) is 17.7 Å². The van der Waals surface area contributed by atoms with E-state index in [9.17, 15) is 13.2 Å². The summed E-state index contributed by atoms with van der Waals surface area (Å²) in [7, 11) is -3.23. The molecule has 0 unspecified atom stereocenters. The quantitative estimate of drug-likeness (QED) is 0.849. The normalized spacial score (nSPS) is 19.3. The van der Waals surface area contributed by atoms with Gasteiger partial charge < -0.3 is 10.1 Å². The summed E-state index contributed by atoms with van der Waals surface area (Å²) in [6.07, 6.45) is 2.62. The largest absolute Gasteiger partial charge is 0.494 e. The molecule has 1 amide bonds. The summed E-state index contributed by atoms with van der Waals surface area (Å²) < 4.78 is 30.0. The Labute approximate surface area is 137 Å². The summed E-state index contributed by atoms with van der Waals surface area (Å²) in [5.74, 6) is 0.397. The average molecular weight is 340 g/mol. The molecule has 1 aliphatic rings. The molecule has 0 saturated carbocycles. The SMILES string of the molecule is CCOc1cccc(CNC(=O)[C@@H]2CCCN(S(C)(=O)=O)C2)c1. The van der Waals surface area contributed by atoms with E-state index < -0.39 is 10.0 Å². The van der Waals surface area contributed by atoms with Crippen molar-refractivity contribution < 1.29 is 17.9 Å². The third-order valence-corrected chi connectivity index (χ3v) is 5.17. The molecule has 1 N–H and O–H groups in total. The van der Waals surface area contributed by atoms with Crippen LogP contribution in [0.25, 0.3) is 0 Å². The van der Waals surface area contributed by atoms with Crippen molar-refractivity contribution in [2.75, 3.05) is 26.0 Å². The number of carbonyl (C=O) groups is 1. The van der Waals surface area contributed by atoms with Crippen LogP contribution >= 0.6 is 0 Å². The lowest BCUT2D eigenvalue weighted by Crippen LogP contribution is -2.44. The van der Waals surface area contributed by atoms with Gasteiger partial charge in [0.1, 0.15) is 5.75 Å². The molecule has 1 heterocycles. The minimum atomic E-state index is -3.23. The fraction of sp³-hybridized carbons (Fsp3) is 0.562. The van der Waals surface area contributed by atoms with Crippen LogP contribution in [0.4, 0.5) is 0 Å². The van der Waals surface area contributed by atoms with Crippen LogP contribution in [0.5, 0.6) is 5.75 Å². The summed E-state index contributed by atoms with van der Waals surface area (Å²) in [4.78, 5) is 12.3. The molecule has 1 fully saturated rings. The van der Waals surface area contributed by atoms with Crippen molar-refractivity contribution in [2.45, 2.75) is 26.3 Å². The maximum Gasteiger partial charge on any atom is 0.224 e. The van der Waals surface area contributed by atoms with Gasteiger partial charge in [-0.25, -0.2) is 12.7 Å². The first-order chi connectivity index (χ1) is 10.9. The number of hydrogen-bond donors (Lipinski definition) is 1. The van der Waals surface area contributed by atoms with E-state index in [2.05, 4.69) is 5.32 Å². The van der Waals surface area contributed by atoms with E-state index in [-0.39, 0.29) is 18.4 Å². The topological polar surface area (TPSA) is 75.7 Å². The smallest absolute Gasteiger partial charge is 0.224 e. The van der Waals surface area contributed by atoms with Gasteiger partial charge in [0.25, 0.3) is 0 Å². The fourth-order valence-electron chi connectivity index (χ4n) is 2.70. The standard InChI is InChI=1S/C16H24N2O4S/c1-3-22-15-8-4-6-13(10-15)11-17-16(19)14-7-5-9-18(12-14)23(2,20)21/h4,6,8,10,14H,3,5,7,9,11-12H2,1-2H3,(H,17,19)/t14-/m1/s1. The van der Waals surface area contributed by atoms with Crippen LogP contribution in [0, 0.1) is 5.92 Å². The molecule has 1 aromatic carbocycles. The molecule has 1 atom stereocenters. The van der Waals surface area contributed by atoms with Crippen LogP contribution in [0.1, 0.15) is 25.3 Å². The van der Waals surface area contributed by atoms with Gasteiger partial charge in [0.05, 0.1) is 18.8 Å². The molecule has 2 rings (SSSR count). The number of hydrogen-bond acceptors (Lipinski definition) is 4. The lowest BCUT2D eigenvalue weighted by molar-refractivity contribution is -0.126. The van der Waals surface area contributed by atoms with Gasteiger partial charge in [-0.15, -0.1) is 0 Å². The summed E-state index contributed by atoms with van der Waals surface area (Å²) in [6.45, 7) is 3.70. The summed E-state index contributed by atoms with van der Waals surface area (Å²) >= 11 is 0. The van der Waals surface area contributed by atoms with Crippen LogP contribution in [-0.4, -0.2) is 44.6 Å². The van der Waals surface area contributed by atoms with Crippen LogP contribution in [0.3, 0.4) is 0 Å². The van der Waals surface area contributed by atoms with Crippen LogP contribution in [0.2, 0.25) is 0 Å². The Morgan fingerprint density at radius 3 is 2.91 bits per heavy atom. The first-order valence-corrected chi connectivity index (χ1v) is 9.69. The number of amides is 1. The second kappa shape index (κ2) is 7.79. The van der Waals surface area contributed by atoms with Gasteiger partial charge in [-0.2, -0.15) is 0 Å². The third kappa shape index (κ3) is 5.21. The van der Waals surface area contributed by atoms with E-state index in [4.69, 9.17) is 4.74 Å². The van der Waals surface area contributed by atoms with Gasteiger partial charge in [0.15, 0.2) is 0 Å². The highest BCUT2D eigenvalue weighted by Crippen LogP contribution is 2.19. The molecule has 0 radical (unpaired) electrons. The van der Waals surface area contributed by atoms with Crippen LogP contribution in [-0.2, 0) is 21.4 Å². The zero-order valence-corrected chi connectivity index (χ0v) is 14.4. The number of benzene rings is 1. The Balaban J connectivity index is 1.90. The van der Waals surface area contributed by atoms with Crippen molar-refractivity contribution >= 4 is 15.9 Å². The lowest BCUT2D eigenvalue weighted by Gasteiger charge is -2.30. The minimum Gasteiger partial charge on any atom is -0.494 e. The predicted octanol–water partition coefficient (Wildman–Crippen LogP) is 1.37. The Morgan fingerprint density at radius 2 is 2.22 bits per heavy atom. The van der Waals surface area contributed by atoms with E-state index in [1.807, 2.05) is 31.2 Å². The first kappa shape index (κ1) is 17.7. The van der Waals surface area contributed by atoms with Gasteiger partial charge in [-0.3, -0.25) is 4.79 Å². The van der Waals surface area contributed by atoms with Crippen molar-refractivity contribution in [1.82, 2.24) is 9.62 Å². The van der Waals surface area contributed by atoms with Crippen molar-refractivity contribution in [3.05, 3.63) is 29.8 Å². The fourth-order valence-corrected chi connectivity index (χ4v) is 3.61. The molecule has 0 bridgehead atoms. The number of carbonyl (C=O) groups excluding carboxylic acids is 1. The van der Waals surface area contributed by atoms with Gasteiger partial charge in [-0.05, 0) is 37.5 Å². The molecule has 1 saturated heterocycles. The highest BCUT2D eigenvalue weighted by Gasteiger charge is 2.29. The second-order valence-corrected chi connectivity index (χ2v) is 7.74. The number of rotatable bonds is 6. The summed E-state index contributed by atoms with van der Waals surface area (Å²) in [5.41, 5.74) is 0.958. The van der Waals surface area contributed by atoms with Crippen molar-refractivity contribution in [1.29, 1.82) is 0 Å². The molecule has 6 nitrogen and oxygen atoms in total. The Kier molecular flexibility index (Phi) is 6.01. The maximum absolute atomic E-state index is 12.3. The number of sulfonamides is 1. The summed E-state index contributed by atoms with van der Waals surface area (Å²) in [6, 6.07) is 7.58. The van der Waals surface area contributed by atoms with E-state index in [1.54, 1.807) is 0 Å². The van der Waals surface area contributed by atoms with E-state index >= 15 is 0 Å². The number of piperidine rings is 1. The van der Waals surface area contributed by atoms with Crippen LogP contribution < -0.4 is 10.1 Å². The molecule has 1 aromatic rings. The van der Waals surface area contributed by atoms with Crippen molar-refractivity contribution in [2.24, 2.45) is 5.92 Å².